The lowest BCUT2D eigenvalue weighted by atomic mass is 9.47. The number of hydrogen-bond acceptors (Lipinski definition) is 14. The van der Waals surface area contributed by atoms with Gasteiger partial charge in [0, 0.05) is 56.0 Å². The smallest absolute Gasteiger partial charge is 0.407 e. The third kappa shape index (κ3) is 23.5. The van der Waals surface area contributed by atoms with Crippen LogP contribution in [0.1, 0.15) is 188 Å². The zero-order valence-corrected chi connectivity index (χ0v) is 61.3. The highest BCUT2D eigenvalue weighted by atomic mass is 16.6. The zero-order valence-electron chi connectivity index (χ0n) is 61.3. The normalized spacial score (nSPS) is 22.6. The van der Waals surface area contributed by atoms with Gasteiger partial charge in [0.25, 0.3) is 5.91 Å². The number of para-hydroxylation sites is 1. The molecule has 4 aliphatic carbocycles. The van der Waals surface area contributed by atoms with Gasteiger partial charge in [-0.05, 0) is 167 Å². The summed E-state index contributed by atoms with van der Waals surface area (Å²) < 4.78 is 5.97. The molecule has 562 valence electrons. The van der Waals surface area contributed by atoms with Gasteiger partial charge in [-0.1, -0.05) is 134 Å². The summed E-state index contributed by atoms with van der Waals surface area (Å²) in [6.07, 6.45) is 20.8. The molecule has 102 heavy (non-hydrogen) atoms. The van der Waals surface area contributed by atoms with E-state index < -0.39 is 96.1 Å². The van der Waals surface area contributed by atoms with Crippen molar-refractivity contribution in [1.82, 2.24) is 52.9 Å². The van der Waals surface area contributed by atoms with Crippen LogP contribution in [0.3, 0.4) is 0 Å². The Morgan fingerprint density at radius 1 is 0.657 bits per heavy atom. The number of guanidine groups is 1. The topological polar surface area (TPSA) is 416 Å². The molecule has 2 aromatic carbocycles. The minimum atomic E-state index is -1.31. The van der Waals surface area contributed by atoms with E-state index in [-0.39, 0.29) is 69.1 Å². The molecule has 26 nitrogen and oxygen atoms in total. The van der Waals surface area contributed by atoms with E-state index >= 15 is 0 Å². The number of allylic oxidation sites excluding steroid dienone is 1. The largest absolute Gasteiger partial charge is 0.446 e. The first-order chi connectivity index (χ1) is 48.8. The highest BCUT2D eigenvalue weighted by molar-refractivity contribution is 6.26. The summed E-state index contributed by atoms with van der Waals surface area (Å²) in [7, 11) is 0. The Hall–Kier alpha value is -8.55. The molecule has 3 aromatic rings. The Morgan fingerprint density at radius 3 is 2.03 bits per heavy atom. The summed E-state index contributed by atoms with van der Waals surface area (Å²) in [4.78, 5) is 130. The molecule has 4 aliphatic rings. The molecule has 0 spiro atoms. The van der Waals surface area contributed by atoms with Crippen LogP contribution in [0.2, 0.25) is 0 Å². The number of rotatable bonds is 41. The fraction of sp³-hybridized carbons (Fsp3) is 0.645. The van der Waals surface area contributed by atoms with Crippen molar-refractivity contribution in [2.45, 2.75) is 232 Å². The average Bonchev–Trinajstić information content (AvgIpc) is 1.40. The molecule has 18 N–H and O–H groups in total. The van der Waals surface area contributed by atoms with Crippen molar-refractivity contribution in [3.63, 3.8) is 0 Å². The monoisotopic (exact) mass is 1410 g/mol. The van der Waals surface area contributed by atoms with Crippen molar-refractivity contribution < 1.29 is 47.9 Å². The number of hydrogen-bond donors (Lipinski definition) is 14. The molecule has 9 amide bonds. The quantitative estimate of drug-likeness (QED) is 0.0103. The number of fused-ring (bicyclic) bond motifs is 6. The van der Waals surface area contributed by atoms with Crippen molar-refractivity contribution in [3.8, 4) is 0 Å². The van der Waals surface area contributed by atoms with Crippen LogP contribution in [0.4, 0.5) is 4.79 Å². The molecule has 0 aliphatic heterocycles. The number of benzene rings is 2. The van der Waals surface area contributed by atoms with Gasteiger partial charge in [-0.25, -0.2) is 4.79 Å². The zero-order chi connectivity index (χ0) is 73.9. The van der Waals surface area contributed by atoms with E-state index in [2.05, 4.69) is 104 Å². The number of amides is 9. The van der Waals surface area contributed by atoms with Crippen molar-refractivity contribution >= 4 is 76.4 Å². The number of aliphatic imine (C=N–C) groups is 1. The number of nitrogens with one attached hydrogen (secondary N) is 10. The molecular weight excluding hydrogens is 1300 g/mol. The fourth-order valence-electron chi connectivity index (χ4n) is 16.5. The lowest BCUT2D eigenvalue weighted by Crippen LogP contribution is -2.59. The maximum absolute atomic E-state index is 14.5. The van der Waals surface area contributed by atoms with E-state index in [0.29, 0.717) is 62.1 Å². The Labute approximate surface area is 602 Å². The van der Waals surface area contributed by atoms with Gasteiger partial charge >= 0.3 is 6.09 Å². The first kappa shape index (κ1) is 80.8. The Kier molecular flexibility index (Phi) is 31.5. The molecule has 0 unspecified atom stereocenters. The van der Waals surface area contributed by atoms with Crippen molar-refractivity contribution in [1.29, 1.82) is 0 Å². The highest BCUT2D eigenvalue weighted by Crippen LogP contribution is 2.67. The second-order valence-electron chi connectivity index (χ2n) is 29.9. The Morgan fingerprint density at radius 2 is 1.31 bits per heavy atom. The summed E-state index contributed by atoms with van der Waals surface area (Å²) in [6, 6.07) is 9.01. The summed E-state index contributed by atoms with van der Waals surface area (Å²) in [5.74, 6) is -1.16. The minimum absolute atomic E-state index is 0.0104. The molecule has 14 atom stereocenters. The summed E-state index contributed by atoms with van der Waals surface area (Å²) in [5.41, 5.74) is 29.6. The maximum Gasteiger partial charge on any atom is 0.407 e. The summed E-state index contributed by atoms with van der Waals surface area (Å²) in [5, 5.41) is 26.6. The highest BCUT2D eigenvalue weighted by Gasteiger charge is 2.59. The first-order valence-corrected chi connectivity index (χ1v) is 37.5. The number of hydrazone groups is 1. The molecule has 0 radical (unpaired) electrons. The van der Waals surface area contributed by atoms with E-state index in [1.807, 2.05) is 31.2 Å². The van der Waals surface area contributed by atoms with E-state index in [9.17, 15) is 43.2 Å². The van der Waals surface area contributed by atoms with E-state index in [4.69, 9.17) is 27.7 Å². The van der Waals surface area contributed by atoms with Gasteiger partial charge in [-0.3, -0.25) is 43.3 Å². The maximum atomic E-state index is 14.5. The van der Waals surface area contributed by atoms with Gasteiger partial charge in [-0.2, -0.15) is 5.10 Å². The van der Waals surface area contributed by atoms with Gasteiger partial charge in [-0.15, -0.1) is 0 Å². The van der Waals surface area contributed by atoms with Gasteiger partial charge < -0.3 is 80.6 Å². The predicted octanol–water partition coefficient (Wildman–Crippen LogP) is 5.96. The molecular formula is C76H118N16O10. The SMILES string of the molecule is CCCC[C@H](NC(=O)CN/N=C/C(=O)NCCCNC(=O)O[C@H]1CC[C@@]2(C)C(=CC[C@H]3[C@@H]4CC[C@H]([C@H](C)CCCC(C)C)[C@@]4(C)CC[C@@H]32)C1)C(=O)N[C@@H](C)C(=O)N[C@@H](CCCCN)C(=O)N[C@H](Cc1ccccc1)C(=O)N[C@@H](CCCN=C(N)N)C(=O)N[C@@H](Cc1c[nH]c2ccccc12)C(N)=O. The third-order valence-electron chi connectivity index (χ3n) is 22.1. The Bertz CT molecular complexity index is 3370. The molecule has 1 heterocycles. The number of nitrogens with two attached hydrogens (primary N) is 4. The number of ether oxygens (including phenoxy) is 1. The number of primary amides is 1. The van der Waals surface area contributed by atoms with Crippen LogP contribution >= 0.6 is 0 Å². The lowest BCUT2D eigenvalue weighted by molar-refractivity contribution is -0.135. The van der Waals surface area contributed by atoms with Crippen LogP contribution in [-0.4, -0.2) is 146 Å². The summed E-state index contributed by atoms with van der Waals surface area (Å²) >= 11 is 0. The van der Waals surface area contributed by atoms with Crippen LogP contribution in [0.5, 0.6) is 0 Å². The lowest BCUT2D eigenvalue weighted by Gasteiger charge is -2.58. The molecule has 1 aromatic heterocycles. The second kappa shape index (κ2) is 39.8. The van der Waals surface area contributed by atoms with Crippen LogP contribution in [-0.2, 0) is 55.9 Å². The second-order valence-corrected chi connectivity index (χ2v) is 29.9. The summed E-state index contributed by atoms with van der Waals surface area (Å²) in [6.45, 7) is 16.2. The van der Waals surface area contributed by atoms with E-state index in [1.165, 1.54) is 57.4 Å². The van der Waals surface area contributed by atoms with Gasteiger partial charge in [0.15, 0.2) is 5.96 Å². The predicted molar refractivity (Wildman–Crippen MR) is 396 cm³/mol. The minimum Gasteiger partial charge on any atom is -0.446 e. The average molecular weight is 1420 g/mol. The van der Waals surface area contributed by atoms with Crippen LogP contribution in [0, 0.1) is 46.3 Å². The fourth-order valence-corrected chi connectivity index (χ4v) is 16.5. The van der Waals surface area contributed by atoms with E-state index in [1.54, 1.807) is 36.5 Å². The third-order valence-corrected chi connectivity index (χ3v) is 22.1. The number of carbonyl (C=O) groups is 9. The number of aromatic nitrogens is 1. The van der Waals surface area contributed by atoms with Crippen molar-refractivity contribution in [2.24, 2.45) is 79.4 Å². The van der Waals surface area contributed by atoms with Crippen molar-refractivity contribution in [2.75, 3.05) is 32.7 Å². The number of aromatic amines is 1. The molecule has 0 saturated heterocycles. The standard InChI is InChI=1S/C76H118N16O10/c1-8-9-25-60(88-66(94)46-86-85-45-65(93)81-39-19-40-83-74(101)102-53-33-35-75(6)52(43-53)29-30-55-57-32-31-56(48(4)21-17-20-47(2)3)76(57,7)36-34-58(55)75)69(97)87-49(5)68(96)89-61(27-15-16-37-77)71(99)92-64(41-50-22-11-10-12-23-50)72(100)90-62(28-18-38-82-73(79)80)70(98)91-63(67(78)95)42-51-44-84-59-26-14-13-24-54(51)59/h10-14,22-24,26,29,44-45,47-49,53,55-58,60-64,84,86H,8-9,15-21,25,27-28,30-43,46,77H2,1-7H3,(H2,78,95)(H,81,93)(H,83,101)(H,87,97)(H,88,94)(H,89,96)(H,90,100)(H,91,98)(H,92,99)(H4,79,80,82)/b85-45+/t48-,49+,53+,55+,56-,57+,58+,60+,61+,62+,63+,64-,75+,76-/m1/s1. The number of alkyl carbamates (subject to hydrolysis) is 1. The number of H-pyrrole nitrogens is 1. The number of unbranched alkanes of at least 4 members (excludes halogenated alkanes) is 2. The van der Waals surface area contributed by atoms with Gasteiger partial charge in [0.05, 0.1) is 0 Å². The van der Waals surface area contributed by atoms with E-state index in [0.717, 1.165) is 78.0 Å². The molecule has 26 heteroatoms. The van der Waals surface area contributed by atoms with Crippen LogP contribution in [0.15, 0.2) is 82.5 Å². The van der Waals surface area contributed by atoms with Gasteiger partial charge in [0.1, 0.15) is 55.1 Å². The Balaban J connectivity index is 0.846. The first-order valence-electron chi connectivity index (χ1n) is 37.5. The molecule has 3 saturated carbocycles. The molecule has 7 rings (SSSR count). The van der Waals surface area contributed by atoms with Crippen LogP contribution < -0.4 is 70.9 Å². The van der Waals surface area contributed by atoms with Gasteiger partial charge in [0.2, 0.25) is 41.4 Å². The molecule has 3 fully saturated rings. The molecule has 0 bridgehead atoms. The number of nitrogens with zero attached hydrogens (tertiary/aromatic N) is 2. The van der Waals surface area contributed by atoms with Crippen LogP contribution in [0.25, 0.3) is 10.9 Å². The van der Waals surface area contributed by atoms with Crippen molar-refractivity contribution in [3.05, 3.63) is 83.6 Å². The number of carbonyl (C=O) groups excluding carboxylic acids is 9.